The molecule has 1 aliphatic rings. The molecule has 114 valence electrons. The fourth-order valence-corrected chi connectivity index (χ4v) is 3.01. The number of carbonyl (C=O) groups excluding carboxylic acids is 1. The van der Waals surface area contributed by atoms with E-state index in [1.54, 1.807) is 12.4 Å². The number of carbonyl (C=O) groups is 1. The number of rotatable bonds is 2. The lowest BCUT2D eigenvalue weighted by molar-refractivity contribution is -0.121. The van der Waals surface area contributed by atoms with Gasteiger partial charge in [0.25, 0.3) is 0 Å². The van der Waals surface area contributed by atoms with Gasteiger partial charge in [0.2, 0.25) is 11.7 Å². The molecule has 4 rings (SSSR count). The molecular weight excluding hydrogens is 294 g/mol. The summed E-state index contributed by atoms with van der Waals surface area (Å²) in [5, 5.41) is 14.5. The van der Waals surface area contributed by atoms with Crippen LogP contribution in [0.25, 0.3) is 22.4 Å². The molecule has 0 aliphatic heterocycles. The normalized spacial score (nSPS) is 17.3. The molecule has 3 heterocycles. The first-order chi connectivity index (χ1) is 11.2. The highest BCUT2D eigenvalue weighted by Crippen LogP contribution is 2.38. The topological polar surface area (TPSA) is 108 Å². The Labute approximate surface area is 131 Å². The van der Waals surface area contributed by atoms with Crippen molar-refractivity contribution in [1.29, 1.82) is 5.26 Å². The van der Waals surface area contributed by atoms with Gasteiger partial charge in [-0.15, -0.1) is 0 Å². The number of nitriles is 1. The third-order valence-corrected chi connectivity index (χ3v) is 4.41. The molecule has 7 heteroatoms. The number of hydrogen-bond acceptors (Lipinski definition) is 6. The quantitative estimate of drug-likeness (QED) is 0.779. The highest BCUT2D eigenvalue weighted by atomic mass is 16.5. The Hall–Kier alpha value is -3.01. The first-order valence-corrected chi connectivity index (χ1v) is 7.41. The van der Waals surface area contributed by atoms with Crippen LogP contribution in [0, 0.1) is 11.3 Å². The van der Waals surface area contributed by atoms with Crippen molar-refractivity contribution >= 4 is 16.8 Å². The Morgan fingerprint density at radius 2 is 2.13 bits per heavy atom. The molecule has 1 N–H and O–H groups in total. The zero-order valence-electron chi connectivity index (χ0n) is 12.2. The molecule has 0 atom stereocenters. The molecule has 1 fully saturated rings. The minimum atomic E-state index is -0.858. The minimum Gasteiger partial charge on any atom is -0.346 e. The lowest BCUT2D eigenvalue weighted by Gasteiger charge is -2.25. The van der Waals surface area contributed by atoms with Gasteiger partial charge in [0.05, 0.1) is 6.07 Å². The van der Waals surface area contributed by atoms with Gasteiger partial charge in [-0.2, -0.15) is 10.2 Å². The summed E-state index contributed by atoms with van der Waals surface area (Å²) in [4.78, 5) is 23.2. The first-order valence-electron chi connectivity index (χ1n) is 7.41. The summed E-state index contributed by atoms with van der Waals surface area (Å²) < 4.78 is 5.39. The van der Waals surface area contributed by atoms with E-state index in [1.807, 2.05) is 12.1 Å². The van der Waals surface area contributed by atoms with Gasteiger partial charge in [0.1, 0.15) is 16.8 Å². The maximum absolute atomic E-state index is 11.5. The first kappa shape index (κ1) is 13.6. The molecule has 1 aliphatic carbocycles. The average Bonchev–Trinajstić information content (AvgIpc) is 3.25. The van der Waals surface area contributed by atoms with Gasteiger partial charge < -0.3 is 9.51 Å². The van der Waals surface area contributed by atoms with Crippen molar-refractivity contribution in [3.05, 3.63) is 30.4 Å². The summed E-state index contributed by atoms with van der Waals surface area (Å²) >= 11 is 0. The summed E-state index contributed by atoms with van der Waals surface area (Å²) in [6.45, 7) is 0. The van der Waals surface area contributed by atoms with Crippen LogP contribution in [0.1, 0.15) is 31.6 Å². The van der Waals surface area contributed by atoms with Gasteiger partial charge in [0, 0.05) is 36.2 Å². The second kappa shape index (κ2) is 5.02. The standard InChI is InChI=1S/C16H13N5O2/c17-9-16(5-1-10(22)2-6-16)15-20-14(21-23-15)12-4-8-19-13-11(12)3-7-18-13/h3-4,7-8H,1-2,5-6H2,(H,18,19). The van der Waals surface area contributed by atoms with E-state index >= 15 is 0 Å². The molecule has 3 aromatic rings. The third kappa shape index (κ3) is 2.11. The van der Waals surface area contributed by atoms with E-state index in [4.69, 9.17) is 4.52 Å². The zero-order chi connectivity index (χ0) is 15.9. The number of H-pyrrole nitrogens is 1. The van der Waals surface area contributed by atoms with Crippen molar-refractivity contribution in [2.24, 2.45) is 0 Å². The monoisotopic (exact) mass is 307 g/mol. The van der Waals surface area contributed by atoms with E-state index in [0.717, 1.165) is 16.6 Å². The molecule has 0 amide bonds. The summed E-state index contributed by atoms with van der Waals surface area (Å²) in [6.07, 6.45) is 5.08. The molecule has 1 saturated carbocycles. The summed E-state index contributed by atoms with van der Waals surface area (Å²) in [6, 6.07) is 5.99. The Kier molecular flexibility index (Phi) is 2.98. The van der Waals surface area contributed by atoms with E-state index in [2.05, 4.69) is 26.2 Å². The van der Waals surface area contributed by atoms with Crippen LogP contribution in [0.4, 0.5) is 0 Å². The fourth-order valence-electron chi connectivity index (χ4n) is 3.01. The summed E-state index contributed by atoms with van der Waals surface area (Å²) in [5.74, 6) is 0.903. The summed E-state index contributed by atoms with van der Waals surface area (Å²) in [5.41, 5.74) is 0.682. The number of ketones is 1. The molecule has 0 aromatic carbocycles. The molecular formula is C16H13N5O2. The van der Waals surface area contributed by atoms with Crippen LogP contribution in [-0.4, -0.2) is 25.9 Å². The molecule has 0 bridgehead atoms. The van der Waals surface area contributed by atoms with Gasteiger partial charge in [0.15, 0.2) is 0 Å². The largest absolute Gasteiger partial charge is 0.346 e. The minimum absolute atomic E-state index is 0.179. The maximum Gasteiger partial charge on any atom is 0.247 e. The van der Waals surface area contributed by atoms with Crippen molar-refractivity contribution in [1.82, 2.24) is 20.1 Å². The van der Waals surface area contributed by atoms with Crippen molar-refractivity contribution < 1.29 is 9.32 Å². The van der Waals surface area contributed by atoms with Crippen LogP contribution in [0.15, 0.2) is 29.0 Å². The van der Waals surface area contributed by atoms with E-state index in [9.17, 15) is 10.1 Å². The van der Waals surface area contributed by atoms with Gasteiger partial charge in [-0.25, -0.2) is 4.98 Å². The number of aromatic amines is 1. The Morgan fingerprint density at radius 1 is 1.30 bits per heavy atom. The van der Waals surface area contributed by atoms with Crippen LogP contribution in [0.2, 0.25) is 0 Å². The molecule has 3 aromatic heterocycles. The van der Waals surface area contributed by atoms with Crippen LogP contribution >= 0.6 is 0 Å². The van der Waals surface area contributed by atoms with Crippen molar-refractivity contribution in [3.63, 3.8) is 0 Å². The molecule has 0 saturated heterocycles. The number of nitrogens with zero attached hydrogens (tertiary/aromatic N) is 4. The van der Waals surface area contributed by atoms with Crippen LogP contribution in [0.3, 0.4) is 0 Å². The lowest BCUT2D eigenvalue weighted by atomic mass is 9.74. The predicted octanol–water partition coefficient (Wildman–Crippen LogP) is 2.52. The predicted molar refractivity (Wildman–Crippen MR) is 80.2 cm³/mol. The average molecular weight is 307 g/mol. The van der Waals surface area contributed by atoms with E-state index in [1.165, 1.54) is 0 Å². The van der Waals surface area contributed by atoms with Crippen LogP contribution in [0.5, 0.6) is 0 Å². The smallest absolute Gasteiger partial charge is 0.247 e. The third-order valence-electron chi connectivity index (χ3n) is 4.41. The van der Waals surface area contributed by atoms with Gasteiger partial charge in [-0.1, -0.05) is 5.16 Å². The van der Waals surface area contributed by atoms with E-state index < -0.39 is 5.41 Å². The number of hydrogen-bond donors (Lipinski definition) is 1. The number of fused-ring (bicyclic) bond motifs is 1. The molecule has 7 nitrogen and oxygen atoms in total. The van der Waals surface area contributed by atoms with Crippen molar-refractivity contribution in [2.45, 2.75) is 31.1 Å². The Balaban J connectivity index is 1.76. The highest BCUT2D eigenvalue weighted by molar-refractivity contribution is 5.90. The van der Waals surface area contributed by atoms with Gasteiger partial charge in [-0.3, -0.25) is 4.79 Å². The number of aromatic nitrogens is 4. The number of nitrogens with one attached hydrogen (secondary N) is 1. The SMILES string of the molecule is N#CC1(c2nc(-c3ccnc4[nH]ccc34)no2)CCC(=O)CC1. The van der Waals surface area contributed by atoms with Crippen LogP contribution < -0.4 is 0 Å². The number of Topliss-reactive ketones (excluding diaryl/α,β-unsaturated/α-hetero) is 1. The van der Waals surface area contributed by atoms with E-state index in [-0.39, 0.29) is 5.78 Å². The molecule has 0 unspecified atom stereocenters. The summed E-state index contributed by atoms with van der Waals surface area (Å²) in [7, 11) is 0. The molecule has 0 radical (unpaired) electrons. The zero-order valence-corrected chi connectivity index (χ0v) is 12.2. The Bertz CT molecular complexity index is 923. The second-order valence-electron chi connectivity index (χ2n) is 5.75. The van der Waals surface area contributed by atoms with Gasteiger partial charge >= 0.3 is 0 Å². The number of pyridine rings is 1. The lowest BCUT2D eigenvalue weighted by Crippen LogP contribution is -2.30. The highest BCUT2D eigenvalue weighted by Gasteiger charge is 2.41. The van der Waals surface area contributed by atoms with Crippen molar-refractivity contribution in [2.75, 3.05) is 0 Å². The Morgan fingerprint density at radius 3 is 2.91 bits per heavy atom. The van der Waals surface area contributed by atoms with Crippen molar-refractivity contribution in [3.8, 4) is 17.5 Å². The maximum atomic E-state index is 11.5. The van der Waals surface area contributed by atoms with E-state index in [0.29, 0.717) is 37.4 Å². The van der Waals surface area contributed by atoms with Crippen LogP contribution in [-0.2, 0) is 10.2 Å². The molecule has 0 spiro atoms. The second-order valence-corrected chi connectivity index (χ2v) is 5.75. The fraction of sp³-hybridized carbons (Fsp3) is 0.312. The molecule has 23 heavy (non-hydrogen) atoms. The van der Waals surface area contributed by atoms with Gasteiger partial charge in [-0.05, 0) is 25.0 Å².